The number of likely N-dealkylation sites (tertiary alicyclic amines) is 1. The molecule has 2 N–H and O–H groups in total. The summed E-state index contributed by atoms with van der Waals surface area (Å²) in [5, 5.41) is 8.59. The highest BCUT2D eigenvalue weighted by Gasteiger charge is 2.17. The maximum Gasteiger partial charge on any atom is 0.135 e. The molecule has 0 radical (unpaired) electrons. The van der Waals surface area contributed by atoms with Crippen molar-refractivity contribution in [2.45, 2.75) is 19.4 Å². The fourth-order valence-corrected chi connectivity index (χ4v) is 5.41. The molecule has 0 aliphatic carbocycles. The number of hydrogen-bond acceptors (Lipinski definition) is 6. The molecular formula is C30H26FN7O. The molecule has 0 amide bonds. The molecule has 0 bridgehead atoms. The van der Waals surface area contributed by atoms with Crippen LogP contribution in [0.3, 0.4) is 0 Å². The van der Waals surface area contributed by atoms with Crippen LogP contribution >= 0.6 is 0 Å². The van der Waals surface area contributed by atoms with E-state index in [4.69, 9.17) is 9.72 Å². The second-order valence-corrected chi connectivity index (χ2v) is 9.94. The molecule has 1 aliphatic heterocycles. The van der Waals surface area contributed by atoms with Crippen LogP contribution in [0.1, 0.15) is 18.4 Å². The Morgan fingerprint density at radius 2 is 1.79 bits per heavy atom. The van der Waals surface area contributed by atoms with Gasteiger partial charge < -0.3 is 9.72 Å². The summed E-state index contributed by atoms with van der Waals surface area (Å²) in [5.41, 5.74) is 8.38. The molecule has 39 heavy (non-hydrogen) atoms. The molecule has 9 heteroatoms. The smallest absolute Gasteiger partial charge is 0.135 e. The fourth-order valence-electron chi connectivity index (χ4n) is 5.41. The maximum atomic E-state index is 14.3. The molecule has 6 heterocycles. The van der Waals surface area contributed by atoms with Crippen molar-refractivity contribution in [1.29, 1.82) is 0 Å². The number of nitrogens with zero attached hydrogens (tertiary/aromatic N) is 5. The minimum atomic E-state index is -0.369. The lowest BCUT2D eigenvalue weighted by atomic mass is 10.0. The maximum absolute atomic E-state index is 14.3. The van der Waals surface area contributed by atoms with E-state index in [9.17, 15) is 4.39 Å². The van der Waals surface area contributed by atoms with Crippen LogP contribution in [-0.4, -0.2) is 55.2 Å². The molecule has 6 aromatic rings. The second kappa shape index (κ2) is 9.59. The van der Waals surface area contributed by atoms with Gasteiger partial charge in [0.25, 0.3) is 0 Å². The molecule has 0 spiro atoms. The Morgan fingerprint density at radius 3 is 2.67 bits per heavy atom. The summed E-state index contributed by atoms with van der Waals surface area (Å²) in [6.45, 7) is 3.19. The zero-order chi connectivity index (χ0) is 26.3. The number of rotatable bonds is 6. The number of aromatic nitrogens is 6. The SMILES string of the molecule is COc1cc(F)cc(-c2cncc3[nH]c(-c4n[nH]c5ccc(-c6cncc(CN7CCCC7)c6)nc45)cc23)c1. The Kier molecular flexibility index (Phi) is 5.78. The average Bonchev–Trinajstić information content (AvgIpc) is 3.72. The monoisotopic (exact) mass is 519 g/mol. The lowest BCUT2D eigenvalue weighted by Gasteiger charge is -2.14. The van der Waals surface area contributed by atoms with Gasteiger partial charge in [0.15, 0.2) is 0 Å². The van der Waals surface area contributed by atoms with Gasteiger partial charge in [-0.15, -0.1) is 0 Å². The van der Waals surface area contributed by atoms with Crippen molar-refractivity contribution >= 4 is 21.9 Å². The number of benzene rings is 1. The van der Waals surface area contributed by atoms with Crippen LogP contribution in [0.2, 0.25) is 0 Å². The first-order valence-corrected chi connectivity index (χ1v) is 13.0. The number of ether oxygens (including phenoxy) is 1. The van der Waals surface area contributed by atoms with E-state index in [0.29, 0.717) is 17.0 Å². The van der Waals surface area contributed by atoms with Crippen molar-refractivity contribution in [3.8, 4) is 39.5 Å². The van der Waals surface area contributed by atoms with Crippen LogP contribution in [0.15, 0.2) is 67.3 Å². The molecule has 1 fully saturated rings. The molecule has 1 aromatic carbocycles. The zero-order valence-corrected chi connectivity index (χ0v) is 21.4. The van der Waals surface area contributed by atoms with Gasteiger partial charge in [-0.3, -0.25) is 20.0 Å². The van der Waals surface area contributed by atoms with Gasteiger partial charge in [-0.25, -0.2) is 9.37 Å². The van der Waals surface area contributed by atoms with Gasteiger partial charge in [0, 0.05) is 47.7 Å². The van der Waals surface area contributed by atoms with Crippen LogP contribution in [0, 0.1) is 5.82 Å². The fraction of sp³-hybridized carbons (Fsp3) is 0.200. The summed E-state index contributed by atoms with van der Waals surface area (Å²) in [6, 6.07) is 12.8. The highest BCUT2D eigenvalue weighted by molar-refractivity contribution is 6.00. The first-order valence-electron chi connectivity index (χ1n) is 13.0. The minimum absolute atomic E-state index is 0.369. The third kappa shape index (κ3) is 4.40. The van der Waals surface area contributed by atoms with Crippen molar-refractivity contribution in [2.24, 2.45) is 0 Å². The Hall–Kier alpha value is -4.63. The van der Waals surface area contributed by atoms with E-state index in [1.165, 1.54) is 37.6 Å². The summed E-state index contributed by atoms with van der Waals surface area (Å²) in [7, 11) is 1.52. The van der Waals surface area contributed by atoms with Crippen molar-refractivity contribution in [2.75, 3.05) is 20.2 Å². The summed E-state index contributed by atoms with van der Waals surface area (Å²) in [6.07, 6.45) is 9.80. The molecule has 1 saturated heterocycles. The molecule has 7 rings (SSSR count). The topological polar surface area (TPSA) is 95.6 Å². The third-order valence-electron chi connectivity index (χ3n) is 7.32. The molecular weight excluding hydrogens is 493 g/mol. The third-order valence-corrected chi connectivity index (χ3v) is 7.32. The van der Waals surface area contributed by atoms with Gasteiger partial charge in [-0.1, -0.05) is 0 Å². The highest BCUT2D eigenvalue weighted by atomic mass is 19.1. The molecule has 0 saturated carbocycles. The number of nitrogens with one attached hydrogen (secondary N) is 2. The Morgan fingerprint density at radius 1 is 0.923 bits per heavy atom. The van der Waals surface area contributed by atoms with Gasteiger partial charge in [0.05, 0.1) is 35.7 Å². The minimum Gasteiger partial charge on any atom is -0.497 e. The van der Waals surface area contributed by atoms with Crippen molar-refractivity contribution in [1.82, 2.24) is 35.0 Å². The predicted octanol–water partition coefficient (Wildman–Crippen LogP) is 5.97. The predicted molar refractivity (Wildman–Crippen MR) is 149 cm³/mol. The molecule has 5 aromatic heterocycles. The van der Waals surface area contributed by atoms with Crippen molar-refractivity contribution < 1.29 is 9.13 Å². The summed E-state index contributed by atoms with van der Waals surface area (Å²) in [4.78, 5) is 19.8. The second-order valence-electron chi connectivity index (χ2n) is 9.94. The number of aromatic amines is 2. The number of halogens is 1. The molecule has 0 unspecified atom stereocenters. The van der Waals surface area contributed by atoms with Gasteiger partial charge >= 0.3 is 0 Å². The highest BCUT2D eigenvalue weighted by Crippen LogP contribution is 2.35. The van der Waals surface area contributed by atoms with E-state index in [0.717, 1.165) is 64.1 Å². The van der Waals surface area contributed by atoms with Crippen LogP contribution in [-0.2, 0) is 6.54 Å². The molecule has 1 aliphatic rings. The van der Waals surface area contributed by atoms with E-state index in [2.05, 4.69) is 36.1 Å². The van der Waals surface area contributed by atoms with E-state index in [1.54, 1.807) is 18.5 Å². The number of fused-ring (bicyclic) bond motifs is 2. The summed E-state index contributed by atoms with van der Waals surface area (Å²) >= 11 is 0. The van der Waals surface area contributed by atoms with Crippen molar-refractivity contribution in [3.05, 3.63) is 78.6 Å². The lowest BCUT2D eigenvalue weighted by molar-refractivity contribution is 0.331. The van der Waals surface area contributed by atoms with Crippen LogP contribution in [0.4, 0.5) is 4.39 Å². The largest absolute Gasteiger partial charge is 0.497 e. The lowest BCUT2D eigenvalue weighted by Crippen LogP contribution is -2.18. The summed E-state index contributed by atoms with van der Waals surface area (Å²) < 4.78 is 19.5. The van der Waals surface area contributed by atoms with Crippen molar-refractivity contribution in [3.63, 3.8) is 0 Å². The molecule has 0 atom stereocenters. The van der Waals surface area contributed by atoms with E-state index >= 15 is 0 Å². The van der Waals surface area contributed by atoms with Crippen LogP contribution in [0.25, 0.3) is 55.7 Å². The number of hydrogen-bond donors (Lipinski definition) is 2. The first kappa shape index (κ1) is 23.5. The van der Waals surface area contributed by atoms with E-state index in [-0.39, 0.29) is 5.82 Å². The number of methoxy groups -OCH3 is 1. The van der Waals surface area contributed by atoms with E-state index < -0.39 is 0 Å². The van der Waals surface area contributed by atoms with Gasteiger partial charge in [-0.2, -0.15) is 5.10 Å². The zero-order valence-electron chi connectivity index (χ0n) is 21.4. The molecule has 194 valence electrons. The Bertz CT molecular complexity index is 1820. The summed E-state index contributed by atoms with van der Waals surface area (Å²) in [5.74, 6) is 0.0814. The Labute approximate surface area is 223 Å². The van der Waals surface area contributed by atoms with Crippen LogP contribution < -0.4 is 4.74 Å². The number of H-pyrrole nitrogens is 2. The molecule has 8 nitrogen and oxygen atoms in total. The van der Waals surface area contributed by atoms with E-state index in [1.807, 2.05) is 30.6 Å². The normalized spacial score (nSPS) is 14.0. The Balaban J connectivity index is 1.28. The van der Waals surface area contributed by atoms with Gasteiger partial charge in [-0.05, 0) is 73.5 Å². The average molecular weight is 520 g/mol. The number of pyridine rings is 3. The van der Waals surface area contributed by atoms with Gasteiger partial charge in [0.1, 0.15) is 22.8 Å². The first-order chi connectivity index (χ1) is 19.1. The van der Waals surface area contributed by atoms with Gasteiger partial charge in [0.2, 0.25) is 0 Å². The quantitative estimate of drug-likeness (QED) is 0.281. The van der Waals surface area contributed by atoms with Crippen LogP contribution in [0.5, 0.6) is 5.75 Å². The standard InChI is InChI=1S/C30H26FN7O/c1-39-22-10-19(9-21(31)11-22)24-15-33-16-28-23(24)12-27(34-28)30-29-26(36-37-30)5-4-25(35-29)20-8-18(13-32-14-20)17-38-6-2-3-7-38/h4-5,8-16,34H,2-3,6-7,17H2,1H3,(H,36,37).